The van der Waals surface area contributed by atoms with Crippen molar-refractivity contribution in [3.63, 3.8) is 0 Å². The Balaban J connectivity index is 2.34. The Labute approximate surface area is 428 Å². The summed E-state index contributed by atoms with van der Waals surface area (Å²) in [6.07, 6.45) is 47.7. The average Bonchev–Trinajstić information content (AvgIpc) is 3.36. The zero-order valence-electron chi connectivity index (χ0n) is 45.0. The molecule has 0 spiro atoms. The highest BCUT2D eigenvalue weighted by Crippen LogP contribution is 2.23. The second-order valence-corrected chi connectivity index (χ2v) is 20.7. The lowest BCUT2D eigenvalue weighted by Crippen LogP contribution is -2.60. The summed E-state index contributed by atoms with van der Waals surface area (Å²) in [4.78, 5) is 13.2. The van der Waals surface area contributed by atoms with Crippen molar-refractivity contribution >= 4 is 5.91 Å². The van der Waals surface area contributed by atoms with Crippen molar-refractivity contribution < 1.29 is 50.0 Å². The number of ether oxygens (including phenoxy) is 2. The van der Waals surface area contributed by atoms with Gasteiger partial charge >= 0.3 is 0 Å². The molecule has 9 unspecified atom stereocenters. The summed E-state index contributed by atoms with van der Waals surface area (Å²) in [6, 6.07) is -1.19. The standard InChI is InChI=1S/C59H111NO10/c1-3-5-7-9-11-13-15-17-19-21-23-24-25-26-27-28-29-31-32-34-36-38-40-42-44-46-51(62)54(64)50(49-69-59-57(67)56(66)55(65)53(48-61)70-59)60-58(68)52(63)47-45-43-41-39-37-35-33-30-22-20-18-16-14-12-10-8-6-4-2/h22,30-32,38,40,50-57,59,61-67H,3-21,23-29,33-37,39,41-49H2,1-2H3,(H,60,68)/b30-22-,32-31+,40-38+. The van der Waals surface area contributed by atoms with Crippen LogP contribution in [0.15, 0.2) is 36.5 Å². The van der Waals surface area contributed by atoms with Crippen LogP contribution in [0.5, 0.6) is 0 Å². The number of hydrogen-bond donors (Lipinski definition) is 8. The quantitative estimate of drug-likeness (QED) is 0.0215. The smallest absolute Gasteiger partial charge is 0.249 e. The molecule has 0 aromatic carbocycles. The van der Waals surface area contributed by atoms with Gasteiger partial charge in [-0.25, -0.2) is 0 Å². The van der Waals surface area contributed by atoms with E-state index in [1.54, 1.807) is 0 Å². The molecule has 412 valence electrons. The predicted octanol–water partition coefficient (Wildman–Crippen LogP) is 12.3. The molecule has 1 aliphatic heterocycles. The van der Waals surface area contributed by atoms with Crippen LogP contribution in [-0.4, -0.2) is 110 Å². The van der Waals surface area contributed by atoms with E-state index in [0.717, 1.165) is 57.8 Å². The monoisotopic (exact) mass is 994 g/mol. The number of carbonyl (C=O) groups is 1. The number of carbonyl (C=O) groups excluding carboxylic acids is 1. The zero-order chi connectivity index (χ0) is 51.1. The number of allylic oxidation sites excluding steroid dienone is 6. The Hall–Kier alpha value is -1.67. The van der Waals surface area contributed by atoms with E-state index in [0.29, 0.717) is 19.3 Å². The van der Waals surface area contributed by atoms with Gasteiger partial charge in [-0.05, 0) is 77.0 Å². The molecule has 0 bridgehead atoms. The summed E-state index contributed by atoms with van der Waals surface area (Å²) in [7, 11) is 0. The lowest BCUT2D eigenvalue weighted by atomic mass is 9.98. The minimum atomic E-state index is -1.67. The maximum atomic E-state index is 13.2. The lowest BCUT2D eigenvalue weighted by Gasteiger charge is -2.40. The Morgan fingerprint density at radius 2 is 0.857 bits per heavy atom. The lowest BCUT2D eigenvalue weighted by molar-refractivity contribution is -0.303. The first kappa shape index (κ1) is 66.3. The van der Waals surface area contributed by atoms with E-state index in [1.807, 2.05) is 0 Å². The van der Waals surface area contributed by atoms with Crippen molar-refractivity contribution in [2.45, 2.75) is 319 Å². The van der Waals surface area contributed by atoms with Gasteiger partial charge < -0.3 is 50.5 Å². The van der Waals surface area contributed by atoms with Crippen LogP contribution in [0.3, 0.4) is 0 Å². The van der Waals surface area contributed by atoms with E-state index in [2.05, 4.69) is 55.6 Å². The predicted molar refractivity (Wildman–Crippen MR) is 289 cm³/mol. The first-order valence-corrected chi connectivity index (χ1v) is 29.4. The molecule has 0 aliphatic carbocycles. The molecule has 1 heterocycles. The van der Waals surface area contributed by atoms with Crippen LogP contribution in [0.4, 0.5) is 0 Å². The van der Waals surface area contributed by atoms with E-state index < -0.39 is 74.2 Å². The number of nitrogens with one attached hydrogen (secondary N) is 1. The molecule has 0 aromatic rings. The van der Waals surface area contributed by atoms with Crippen molar-refractivity contribution in [3.8, 4) is 0 Å². The maximum absolute atomic E-state index is 13.2. The molecule has 0 radical (unpaired) electrons. The van der Waals surface area contributed by atoms with Gasteiger partial charge in [0, 0.05) is 0 Å². The van der Waals surface area contributed by atoms with Gasteiger partial charge in [0.05, 0.1) is 25.4 Å². The normalized spacial score (nSPS) is 20.5. The Kier molecular flexibility index (Phi) is 45.8. The van der Waals surface area contributed by atoms with E-state index >= 15 is 0 Å². The van der Waals surface area contributed by atoms with Crippen LogP contribution in [0.2, 0.25) is 0 Å². The molecule has 1 aliphatic rings. The summed E-state index contributed by atoms with van der Waals surface area (Å²) in [6.45, 7) is 3.45. The van der Waals surface area contributed by atoms with Gasteiger partial charge in [0.1, 0.15) is 36.6 Å². The number of unbranched alkanes of at least 4 members (excludes halogenated alkanes) is 32. The van der Waals surface area contributed by atoms with Gasteiger partial charge in [-0.15, -0.1) is 0 Å². The van der Waals surface area contributed by atoms with Crippen molar-refractivity contribution in [3.05, 3.63) is 36.5 Å². The molecule has 1 rings (SSSR count). The summed E-state index contributed by atoms with van der Waals surface area (Å²) in [5.74, 6) is -0.714. The van der Waals surface area contributed by atoms with Crippen LogP contribution in [0, 0.1) is 0 Å². The number of hydrogen-bond acceptors (Lipinski definition) is 10. The molecular weight excluding hydrogens is 883 g/mol. The highest BCUT2D eigenvalue weighted by Gasteiger charge is 2.44. The number of rotatable bonds is 50. The van der Waals surface area contributed by atoms with E-state index in [4.69, 9.17) is 9.47 Å². The first-order valence-electron chi connectivity index (χ1n) is 29.4. The summed E-state index contributed by atoms with van der Waals surface area (Å²) in [5, 5.41) is 76.1. The van der Waals surface area contributed by atoms with Gasteiger partial charge in [0.25, 0.3) is 0 Å². The topological polar surface area (TPSA) is 189 Å². The molecule has 11 nitrogen and oxygen atoms in total. The molecule has 1 fully saturated rings. The van der Waals surface area contributed by atoms with Crippen molar-refractivity contribution in [1.82, 2.24) is 5.32 Å². The fraction of sp³-hybridized carbons (Fsp3) is 0.881. The zero-order valence-corrected chi connectivity index (χ0v) is 45.0. The van der Waals surface area contributed by atoms with E-state index in [9.17, 15) is 40.5 Å². The highest BCUT2D eigenvalue weighted by atomic mass is 16.7. The molecule has 8 N–H and O–H groups in total. The molecule has 1 saturated heterocycles. The molecule has 1 amide bonds. The average molecular weight is 995 g/mol. The Morgan fingerprint density at radius 1 is 0.486 bits per heavy atom. The van der Waals surface area contributed by atoms with Crippen molar-refractivity contribution in [2.75, 3.05) is 13.2 Å². The van der Waals surface area contributed by atoms with Crippen LogP contribution < -0.4 is 5.32 Å². The number of amides is 1. The molecule has 9 atom stereocenters. The molecule has 70 heavy (non-hydrogen) atoms. The number of aliphatic hydroxyl groups excluding tert-OH is 7. The number of aliphatic hydroxyl groups is 7. The van der Waals surface area contributed by atoms with Gasteiger partial charge in [-0.3, -0.25) is 4.79 Å². The van der Waals surface area contributed by atoms with Crippen molar-refractivity contribution in [2.24, 2.45) is 0 Å². The second-order valence-electron chi connectivity index (χ2n) is 20.7. The first-order chi connectivity index (χ1) is 34.2. The van der Waals surface area contributed by atoms with Gasteiger partial charge in [0.15, 0.2) is 6.29 Å². The van der Waals surface area contributed by atoms with Crippen LogP contribution >= 0.6 is 0 Å². The molecular formula is C59H111NO10. The van der Waals surface area contributed by atoms with Crippen LogP contribution in [-0.2, 0) is 14.3 Å². The minimum absolute atomic E-state index is 0.244. The van der Waals surface area contributed by atoms with E-state index in [-0.39, 0.29) is 12.8 Å². The fourth-order valence-corrected chi connectivity index (χ4v) is 9.34. The largest absolute Gasteiger partial charge is 0.394 e. The molecule has 0 aromatic heterocycles. The minimum Gasteiger partial charge on any atom is -0.394 e. The molecule has 11 heteroatoms. The SMILES string of the molecule is CCCCCCCCCC/C=C\CCCCCCCCC(O)C(=O)NC(COC1OC(CO)C(O)C(O)C1O)C(O)C(O)CCC/C=C/CC/C=C/CCCCCCCCCCCCCCCCCC. The van der Waals surface area contributed by atoms with E-state index in [1.165, 1.54) is 161 Å². The van der Waals surface area contributed by atoms with Crippen LogP contribution in [0.25, 0.3) is 0 Å². The maximum Gasteiger partial charge on any atom is 0.249 e. The summed E-state index contributed by atoms with van der Waals surface area (Å²) >= 11 is 0. The summed E-state index contributed by atoms with van der Waals surface area (Å²) < 4.78 is 11.1. The van der Waals surface area contributed by atoms with Gasteiger partial charge in [-0.2, -0.15) is 0 Å². The molecule has 0 saturated carbocycles. The van der Waals surface area contributed by atoms with Crippen molar-refractivity contribution in [1.29, 1.82) is 0 Å². The second kappa shape index (κ2) is 48.3. The highest BCUT2D eigenvalue weighted by molar-refractivity contribution is 5.80. The fourth-order valence-electron chi connectivity index (χ4n) is 9.34. The summed E-state index contributed by atoms with van der Waals surface area (Å²) in [5.41, 5.74) is 0. The van der Waals surface area contributed by atoms with Gasteiger partial charge in [-0.1, -0.05) is 224 Å². The third-order valence-electron chi connectivity index (χ3n) is 14.1. The Morgan fingerprint density at radius 3 is 1.27 bits per heavy atom. The third-order valence-corrected chi connectivity index (χ3v) is 14.1. The third kappa shape index (κ3) is 36.3. The van der Waals surface area contributed by atoms with Crippen LogP contribution in [0.1, 0.15) is 264 Å². The van der Waals surface area contributed by atoms with Gasteiger partial charge in [0.2, 0.25) is 5.91 Å². The Bertz CT molecular complexity index is 1230.